The molecule has 0 aliphatic heterocycles. The van der Waals surface area contributed by atoms with Crippen LogP contribution in [0, 0.1) is 0 Å². The molecule has 0 bridgehead atoms. The maximum Gasteiger partial charge on any atom is 0.183 e. The van der Waals surface area contributed by atoms with Crippen molar-refractivity contribution in [1.29, 1.82) is 0 Å². The number of aryl methyl sites for hydroxylation is 1. The molecule has 0 aliphatic rings. The second-order valence-corrected chi connectivity index (χ2v) is 6.81. The Bertz CT molecular complexity index is 814. The van der Waals surface area contributed by atoms with Gasteiger partial charge < -0.3 is 5.32 Å². The van der Waals surface area contributed by atoms with Crippen molar-refractivity contribution in [3.8, 4) is 21.6 Å². The second kappa shape index (κ2) is 7.11. The van der Waals surface area contributed by atoms with E-state index in [1.54, 1.807) is 11.3 Å². The number of benzene rings is 1. The monoisotopic (exact) mass is 344 g/mol. The molecule has 0 unspecified atom stereocenters. The van der Waals surface area contributed by atoms with E-state index in [9.17, 15) is 0 Å². The van der Waals surface area contributed by atoms with Crippen LogP contribution in [0.25, 0.3) is 21.6 Å². The normalized spacial score (nSPS) is 10.7. The lowest BCUT2D eigenvalue weighted by Crippen LogP contribution is -2.26. The van der Waals surface area contributed by atoms with E-state index < -0.39 is 0 Å². The smallest absolute Gasteiger partial charge is 0.183 e. The fraction of sp³-hybridized carbons (Fsp3) is 0.222. The standard InChI is InChI=1S/C18H18ClN3S/c1-3-9-20-18-21-11-17(23-18)14-8-10-22(2)12-15(14)13-6-4-5-7-16(13)19/h4-8,10-12H,3,9H2,1-2H3/p+1. The van der Waals surface area contributed by atoms with E-state index in [2.05, 4.69) is 41.8 Å². The molecule has 0 radical (unpaired) electrons. The van der Waals surface area contributed by atoms with E-state index in [1.165, 1.54) is 0 Å². The molecule has 0 spiro atoms. The molecule has 1 N–H and O–H groups in total. The van der Waals surface area contributed by atoms with Gasteiger partial charge >= 0.3 is 0 Å². The SMILES string of the molecule is CCCNc1ncc(-c2cc[n+](C)cc2-c2ccccc2Cl)s1. The van der Waals surface area contributed by atoms with Gasteiger partial charge in [-0.2, -0.15) is 0 Å². The molecule has 0 saturated carbocycles. The van der Waals surface area contributed by atoms with Gasteiger partial charge in [0.25, 0.3) is 0 Å². The molecular formula is C18H19ClN3S+. The lowest BCUT2D eigenvalue weighted by molar-refractivity contribution is -0.670. The molecule has 0 amide bonds. The summed E-state index contributed by atoms with van der Waals surface area (Å²) < 4.78 is 2.04. The number of hydrogen-bond acceptors (Lipinski definition) is 3. The molecule has 2 heterocycles. The molecule has 23 heavy (non-hydrogen) atoms. The van der Waals surface area contributed by atoms with Gasteiger partial charge in [0.2, 0.25) is 0 Å². The molecule has 0 fully saturated rings. The molecule has 3 aromatic rings. The lowest BCUT2D eigenvalue weighted by atomic mass is 10.0. The van der Waals surface area contributed by atoms with E-state index in [-0.39, 0.29) is 0 Å². The van der Waals surface area contributed by atoms with Crippen molar-refractivity contribution < 1.29 is 4.57 Å². The number of rotatable bonds is 5. The summed E-state index contributed by atoms with van der Waals surface area (Å²) in [6.07, 6.45) is 7.17. The van der Waals surface area contributed by atoms with Crippen LogP contribution in [-0.4, -0.2) is 11.5 Å². The summed E-state index contributed by atoms with van der Waals surface area (Å²) in [5.74, 6) is 0. The largest absolute Gasteiger partial charge is 0.362 e. The third kappa shape index (κ3) is 3.54. The van der Waals surface area contributed by atoms with Crippen LogP contribution >= 0.6 is 22.9 Å². The zero-order chi connectivity index (χ0) is 16.2. The van der Waals surface area contributed by atoms with Crippen LogP contribution in [0.5, 0.6) is 0 Å². The van der Waals surface area contributed by atoms with Gasteiger partial charge in [-0.25, -0.2) is 9.55 Å². The number of anilines is 1. The van der Waals surface area contributed by atoms with Crippen LogP contribution in [0.3, 0.4) is 0 Å². The fourth-order valence-corrected chi connectivity index (χ4v) is 3.54. The number of nitrogens with zero attached hydrogens (tertiary/aromatic N) is 2. The van der Waals surface area contributed by atoms with Crippen LogP contribution in [0.15, 0.2) is 48.9 Å². The van der Waals surface area contributed by atoms with Crippen LogP contribution in [0.2, 0.25) is 5.02 Å². The van der Waals surface area contributed by atoms with Gasteiger partial charge in [-0.15, -0.1) is 0 Å². The predicted octanol–water partition coefficient (Wildman–Crippen LogP) is 4.78. The first-order valence-electron chi connectivity index (χ1n) is 7.63. The summed E-state index contributed by atoms with van der Waals surface area (Å²) in [6.45, 7) is 3.09. The average Bonchev–Trinajstić information content (AvgIpc) is 3.02. The molecule has 0 aliphatic carbocycles. The molecule has 3 nitrogen and oxygen atoms in total. The van der Waals surface area contributed by atoms with Gasteiger partial charge in [0.15, 0.2) is 17.5 Å². The summed E-state index contributed by atoms with van der Waals surface area (Å²) >= 11 is 8.08. The summed E-state index contributed by atoms with van der Waals surface area (Å²) in [5.41, 5.74) is 3.31. The molecule has 5 heteroatoms. The summed E-state index contributed by atoms with van der Waals surface area (Å²) in [7, 11) is 2.02. The number of nitrogens with one attached hydrogen (secondary N) is 1. The summed E-state index contributed by atoms with van der Waals surface area (Å²) in [6, 6.07) is 10.1. The van der Waals surface area contributed by atoms with E-state index in [1.807, 2.05) is 36.0 Å². The second-order valence-electron chi connectivity index (χ2n) is 5.37. The summed E-state index contributed by atoms with van der Waals surface area (Å²) in [5, 5.41) is 5.06. The van der Waals surface area contributed by atoms with Gasteiger partial charge in [0.05, 0.1) is 10.4 Å². The van der Waals surface area contributed by atoms with Crippen molar-refractivity contribution in [3.63, 3.8) is 0 Å². The van der Waals surface area contributed by atoms with Crippen molar-refractivity contribution in [1.82, 2.24) is 4.98 Å². The van der Waals surface area contributed by atoms with Crippen molar-refractivity contribution in [2.24, 2.45) is 7.05 Å². The highest BCUT2D eigenvalue weighted by Crippen LogP contribution is 2.38. The minimum absolute atomic E-state index is 0.758. The third-order valence-electron chi connectivity index (χ3n) is 3.56. The zero-order valence-corrected chi connectivity index (χ0v) is 14.8. The molecular weight excluding hydrogens is 326 g/mol. The van der Waals surface area contributed by atoms with E-state index in [0.29, 0.717) is 0 Å². The Morgan fingerprint density at radius 3 is 2.78 bits per heavy atom. The molecule has 0 atom stereocenters. The van der Waals surface area contributed by atoms with E-state index in [4.69, 9.17) is 11.6 Å². The van der Waals surface area contributed by atoms with Crippen LogP contribution in [0.4, 0.5) is 5.13 Å². The third-order valence-corrected chi connectivity index (χ3v) is 4.88. The highest BCUT2D eigenvalue weighted by molar-refractivity contribution is 7.18. The maximum absolute atomic E-state index is 6.41. The van der Waals surface area contributed by atoms with Crippen molar-refractivity contribution in [2.45, 2.75) is 13.3 Å². The molecule has 1 aromatic carbocycles. The van der Waals surface area contributed by atoms with Crippen LogP contribution in [-0.2, 0) is 7.05 Å². The van der Waals surface area contributed by atoms with Gasteiger partial charge in [-0.1, -0.05) is 48.1 Å². The Morgan fingerprint density at radius 1 is 1.17 bits per heavy atom. The summed E-state index contributed by atoms with van der Waals surface area (Å²) in [4.78, 5) is 5.62. The van der Waals surface area contributed by atoms with Crippen molar-refractivity contribution >= 4 is 28.1 Å². The molecule has 0 saturated heterocycles. The fourth-order valence-electron chi connectivity index (χ4n) is 2.42. The van der Waals surface area contributed by atoms with Crippen LogP contribution in [0.1, 0.15) is 13.3 Å². The number of hydrogen-bond donors (Lipinski definition) is 1. The number of halogens is 1. The van der Waals surface area contributed by atoms with Gasteiger partial charge in [0.1, 0.15) is 7.05 Å². The van der Waals surface area contributed by atoms with Gasteiger partial charge in [0, 0.05) is 35.0 Å². The van der Waals surface area contributed by atoms with Crippen molar-refractivity contribution in [3.05, 3.63) is 53.9 Å². The number of thiazole rings is 1. The number of pyridine rings is 1. The average molecular weight is 345 g/mol. The van der Waals surface area contributed by atoms with Crippen LogP contribution < -0.4 is 9.88 Å². The topological polar surface area (TPSA) is 28.8 Å². The predicted molar refractivity (Wildman–Crippen MR) is 98.0 cm³/mol. The van der Waals surface area contributed by atoms with E-state index >= 15 is 0 Å². The lowest BCUT2D eigenvalue weighted by Gasteiger charge is -2.08. The Kier molecular flexibility index (Phi) is 4.94. The highest BCUT2D eigenvalue weighted by atomic mass is 35.5. The Labute approximate surface area is 145 Å². The minimum atomic E-state index is 0.758. The van der Waals surface area contributed by atoms with Gasteiger partial charge in [-0.05, 0) is 12.5 Å². The minimum Gasteiger partial charge on any atom is -0.362 e. The molecule has 3 rings (SSSR count). The Morgan fingerprint density at radius 2 is 2.00 bits per heavy atom. The Hall–Kier alpha value is -1.91. The Balaban J connectivity index is 2.06. The first-order valence-corrected chi connectivity index (χ1v) is 8.82. The zero-order valence-electron chi connectivity index (χ0n) is 13.2. The first kappa shape index (κ1) is 16.0. The highest BCUT2D eigenvalue weighted by Gasteiger charge is 2.16. The number of aromatic nitrogens is 2. The van der Waals surface area contributed by atoms with Gasteiger partial charge in [-0.3, -0.25) is 0 Å². The molecule has 118 valence electrons. The maximum atomic E-state index is 6.41. The quantitative estimate of drug-likeness (QED) is 0.675. The van der Waals surface area contributed by atoms with Crippen molar-refractivity contribution in [2.75, 3.05) is 11.9 Å². The first-order chi connectivity index (χ1) is 11.2. The van der Waals surface area contributed by atoms with E-state index in [0.717, 1.165) is 44.7 Å². The molecule has 2 aromatic heterocycles.